The summed E-state index contributed by atoms with van der Waals surface area (Å²) in [7, 11) is -3.55. The lowest BCUT2D eigenvalue weighted by Gasteiger charge is -2.31. The molecular formula is C27H37Cl2N3O4S. The molecule has 10 heteroatoms. The molecule has 0 fully saturated rings. The Morgan fingerprint density at radius 1 is 1.00 bits per heavy atom. The summed E-state index contributed by atoms with van der Waals surface area (Å²) < 4.78 is 26.3. The normalized spacial score (nSPS) is 12.2. The highest BCUT2D eigenvalue weighted by Crippen LogP contribution is 2.27. The number of anilines is 1. The first-order valence-corrected chi connectivity index (χ1v) is 15.2. The van der Waals surface area contributed by atoms with Gasteiger partial charge in [-0.25, -0.2) is 8.42 Å². The number of carbonyl (C=O) groups excluding carboxylic acids is 2. The smallest absolute Gasteiger partial charge is 0.242 e. The largest absolute Gasteiger partial charge is 0.354 e. The maximum atomic E-state index is 13.5. The van der Waals surface area contributed by atoms with Crippen molar-refractivity contribution in [3.8, 4) is 0 Å². The van der Waals surface area contributed by atoms with E-state index in [2.05, 4.69) is 5.32 Å². The van der Waals surface area contributed by atoms with Crippen LogP contribution in [0.25, 0.3) is 0 Å². The number of hydrogen-bond donors (Lipinski definition) is 1. The molecule has 0 aromatic heterocycles. The molecule has 2 rings (SSSR count). The van der Waals surface area contributed by atoms with Crippen LogP contribution < -0.4 is 9.62 Å². The van der Waals surface area contributed by atoms with Gasteiger partial charge in [0.25, 0.3) is 0 Å². The first-order valence-electron chi connectivity index (χ1n) is 12.6. The van der Waals surface area contributed by atoms with E-state index in [1.165, 1.54) is 9.21 Å². The summed E-state index contributed by atoms with van der Waals surface area (Å²) in [6, 6.07) is 11.7. The highest BCUT2D eigenvalue weighted by Gasteiger charge is 2.29. The molecule has 2 aromatic carbocycles. The van der Waals surface area contributed by atoms with E-state index in [9.17, 15) is 18.0 Å². The van der Waals surface area contributed by atoms with Gasteiger partial charge in [0, 0.05) is 41.7 Å². The predicted molar refractivity (Wildman–Crippen MR) is 152 cm³/mol. The summed E-state index contributed by atoms with van der Waals surface area (Å²) in [4.78, 5) is 27.9. The first kappa shape index (κ1) is 30.9. The predicted octanol–water partition coefficient (Wildman–Crippen LogP) is 5.44. The summed E-state index contributed by atoms with van der Waals surface area (Å²) in [5.41, 5.74) is 2.22. The van der Waals surface area contributed by atoms with Crippen LogP contribution >= 0.6 is 23.2 Å². The molecular weight excluding hydrogens is 533 g/mol. The Morgan fingerprint density at radius 2 is 1.62 bits per heavy atom. The summed E-state index contributed by atoms with van der Waals surface area (Å²) in [6.07, 6.45) is 3.51. The Hall–Kier alpha value is -2.29. The van der Waals surface area contributed by atoms with E-state index in [1.54, 1.807) is 30.3 Å². The molecule has 0 saturated heterocycles. The van der Waals surface area contributed by atoms with Crippen LogP contribution in [0.5, 0.6) is 0 Å². The minimum Gasteiger partial charge on any atom is -0.354 e. The van der Waals surface area contributed by atoms with Gasteiger partial charge in [-0.1, -0.05) is 62.2 Å². The molecule has 2 amide bonds. The van der Waals surface area contributed by atoms with Crippen LogP contribution in [0.3, 0.4) is 0 Å². The molecule has 7 nitrogen and oxygen atoms in total. The van der Waals surface area contributed by atoms with Gasteiger partial charge in [0.1, 0.15) is 6.04 Å². The Bertz CT molecular complexity index is 1140. The van der Waals surface area contributed by atoms with E-state index in [0.29, 0.717) is 34.3 Å². The fourth-order valence-electron chi connectivity index (χ4n) is 4.04. The second kappa shape index (κ2) is 14.6. The zero-order valence-electron chi connectivity index (χ0n) is 22.0. The van der Waals surface area contributed by atoms with Crippen molar-refractivity contribution >= 4 is 50.7 Å². The van der Waals surface area contributed by atoms with Gasteiger partial charge in [-0.15, -0.1) is 0 Å². The molecule has 1 N–H and O–H groups in total. The van der Waals surface area contributed by atoms with Crippen molar-refractivity contribution in [1.82, 2.24) is 10.2 Å². The fourth-order valence-corrected chi connectivity index (χ4v) is 5.52. The molecule has 0 saturated carbocycles. The summed E-state index contributed by atoms with van der Waals surface area (Å²) in [6.45, 7) is 6.54. The van der Waals surface area contributed by atoms with Gasteiger partial charge in [-0.2, -0.15) is 0 Å². The zero-order chi connectivity index (χ0) is 27.6. The van der Waals surface area contributed by atoms with Gasteiger partial charge in [0.15, 0.2) is 0 Å². The quantitative estimate of drug-likeness (QED) is 0.328. The van der Waals surface area contributed by atoms with Gasteiger partial charge in [0.2, 0.25) is 21.8 Å². The van der Waals surface area contributed by atoms with E-state index >= 15 is 0 Å². The lowest BCUT2D eigenvalue weighted by Crippen LogP contribution is -2.49. The Morgan fingerprint density at radius 3 is 2.14 bits per heavy atom. The molecule has 0 bridgehead atoms. The van der Waals surface area contributed by atoms with Gasteiger partial charge < -0.3 is 10.2 Å². The lowest BCUT2D eigenvalue weighted by molar-refractivity contribution is -0.141. The third-order valence-corrected chi connectivity index (χ3v) is 8.01. The number of rotatable bonds is 14. The highest BCUT2D eigenvalue weighted by atomic mass is 35.5. The molecule has 0 aliphatic rings. The third-order valence-electron chi connectivity index (χ3n) is 6.11. The number of nitrogens with zero attached hydrogens (tertiary/aromatic N) is 2. The monoisotopic (exact) mass is 569 g/mol. The number of carbonyl (C=O) groups is 2. The lowest BCUT2D eigenvalue weighted by atomic mass is 10.1. The van der Waals surface area contributed by atoms with Crippen molar-refractivity contribution < 1.29 is 18.0 Å². The molecule has 0 unspecified atom stereocenters. The van der Waals surface area contributed by atoms with E-state index in [0.717, 1.165) is 24.7 Å². The van der Waals surface area contributed by atoms with Crippen LogP contribution in [-0.4, -0.2) is 50.5 Å². The van der Waals surface area contributed by atoms with Crippen LogP contribution in [0.15, 0.2) is 42.5 Å². The number of benzene rings is 2. The van der Waals surface area contributed by atoms with E-state index in [1.807, 2.05) is 32.9 Å². The Labute approximate surface area is 231 Å². The summed E-state index contributed by atoms with van der Waals surface area (Å²) in [5.74, 6) is -0.515. The minimum atomic E-state index is -3.55. The maximum absolute atomic E-state index is 13.5. The number of nitrogens with one attached hydrogen (secondary N) is 1. The second-order valence-electron chi connectivity index (χ2n) is 8.90. The number of halogens is 2. The number of sulfonamides is 1. The van der Waals surface area contributed by atoms with Crippen LogP contribution in [0.2, 0.25) is 10.0 Å². The standard InChI is InChI=1S/C27H37Cl2N3O4S/c1-5-17-30-27(34)25(7-3)31(19-22-23(28)10-8-11-24(22)29)26(33)12-9-18-32(37(4,35)36)21-15-13-20(6-2)14-16-21/h8,10-11,13-16,25H,5-7,9,12,17-19H2,1-4H3,(H,30,34)/t25-/m1/s1. The Kier molecular flexibility index (Phi) is 12.2. The third kappa shape index (κ3) is 8.90. The van der Waals surface area contributed by atoms with Crippen LogP contribution in [0.1, 0.15) is 57.6 Å². The number of aryl methyl sites for hydroxylation is 1. The van der Waals surface area contributed by atoms with Crippen molar-refractivity contribution in [3.05, 3.63) is 63.6 Å². The van der Waals surface area contributed by atoms with Crippen molar-refractivity contribution in [2.75, 3.05) is 23.7 Å². The van der Waals surface area contributed by atoms with Crippen molar-refractivity contribution in [2.24, 2.45) is 0 Å². The molecule has 0 heterocycles. The average Bonchev–Trinajstić information content (AvgIpc) is 2.86. The molecule has 0 spiro atoms. The van der Waals surface area contributed by atoms with E-state index in [-0.39, 0.29) is 37.7 Å². The summed E-state index contributed by atoms with van der Waals surface area (Å²) >= 11 is 12.8. The van der Waals surface area contributed by atoms with Crippen LogP contribution in [-0.2, 0) is 32.6 Å². The average molecular weight is 571 g/mol. The minimum absolute atomic E-state index is 0.0543. The topological polar surface area (TPSA) is 86.8 Å². The van der Waals surface area contributed by atoms with Gasteiger partial charge in [-0.3, -0.25) is 13.9 Å². The van der Waals surface area contributed by atoms with Crippen molar-refractivity contribution in [1.29, 1.82) is 0 Å². The molecule has 1 atom stereocenters. The Balaban J connectivity index is 2.25. The molecule has 2 aromatic rings. The zero-order valence-corrected chi connectivity index (χ0v) is 24.3. The SMILES string of the molecule is CCCNC(=O)[C@@H](CC)N(Cc1c(Cl)cccc1Cl)C(=O)CCCN(c1ccc(CC)cc1)S(C)(=O)=O. The first-order chi connectivity index (χ1) is 17.5. The van der Waals surface area contributed by atoms with Crippen molar-refractivity contribution in [3.63, 3.8) is 0 Å². The van der Waals surface area contributed by atoms with Crippen molar-refractivity contribution in [2.45, 2.75) is 65.5 Å². The van der Waals surface area contributed by atoms with Crippen LogP contribution in [0, 0.1) is 0 Å². The molecule has 0 aliphatic heterocycles. The van der Waals surface area contributed by atoms with E-state index in [4.69, 9.17) is 23.2 Å². The maximum Gasteiger partial charge on any atom is 0.242 e. The van der Waals surface area contributed by atoms with Gasteiger partial charge in [0.05, 0.1) is 11.9 Å². The van der Waals surface area contributed by atoms with Crippen LogP contribution in [0.4, 0.5) is 5.69 Å². The molecule has 37 heavy (non-hydrogen) atoms. The van der Waals surface area contributed by atoms with Gasteiger partial charge >= 0.3 is 0 Å². The molecule has 0 radical (unpaired) electrons. The van der Waals surface area contributed by atoms with E-state index < -0.39 is 16.1 Å². The fraction of sp³-hybridized carbons (Fsp3) is 0.481. The number of hydrogen-bond acceptors (Lipinski definition) is 4. The molecule has 0 aliphatic carbocycles. The number of amides is 2. The molecule has 204 valence electrons. The van der Waals surface area contributed by atoms with Gasteiger partial charge in [-0.05, 0) is 55.5 Å². The second-order valence-corrected chi connectivity index (χ2v) is 11.6. The highest BCUT2D eigenvalue weighted by molar-refractivity contribution is 7.92. The summed E-state index contributed by atoms with van der Waals surface area (Å²) in [5, 5.41) is 3.69.